The number of methoxy groups -OCH3 is 1. The van der Waals surface area contributed by atoms with E-state index in [1.165, 1.54) is 31.4 Å². The number of amides is 1. The van der Waals surface area contributed by atoms with Gasteiger partial charge in [0.25, 0.3) is 5.91 Å². The summed E-state index contributed by atoms with van der Waals surface area (Å²) in [6.07, 6.45) is -1.09. The van der Waals surface area contributed by atoms with E-state index in [2.05, 4.69) is 15.4 Å². The first-order chi connectivity index (χ1) is 19.9. The van der Waals surface area contributed by atoms with Gasteiger partial charge in [-0.25, -0.2) is 9.37 Å². The maximum atomic E-state index is 14.1. The molecule has 1 spiro atoms. The van der Waals surface area contributed by atoms with E-state index in [0.717, 1.165) is 10.7 Å². The van der Waals surface area contributed by atoms with Gasteiger partial charge >= 0.3 is 6.18 Å². The van der Waals surface area contributed by atoms with Crippen LogP contribution in [0.2, 0.25) is 5.02 Å². The van der Waals surface area contributed by atoms with Crippen LogP contribution in [0.4, 0.5) is 29.2 Å². The Balaban J connectivity index is 1.33. The molecule has 1 aromatic carbocycles. The highest BCUT2D eigenvalue weighted by atomic mass is 35.5. The maximum Gasteiger partial charge on any atom is 0.435 e. The van der Waals surface area contributed by atoms with Crippen molar-refractivity contribution in [2.24, 2.45) is 7.05 Å². The smallest absolute Gasteiger partial charge is 0.392 e. The number of anilines is 2. The summed E-state index contributed by atoms with van der Waals surface area (Å²) in [5.41, 5.74) is 0.816. The van der Waals surface area contributed by atoms with E-state index in [-0.39, 0.29) is 41.8 Å². The average Bonchev–Trinajstić information content (AvgIpc) is 3.24. The number of ether oxygens (including phenoxy) is 1. The summed E-state index contributed by atoms with van der Waals surface area (Å²) in [6, 6.07) is 8.22. The number of pyridine rings is 1. The zero-order chi connectivity index (χ0) is 30.0. The molecule has 1 amide bonds. The Morgan fingerprint density at radius 2 is 2.00 bits per heavy atom. The first-order valence-electron chi connectivity index (χ1n) is 12.9. The predicted molar refractivity (Wildman–Crippen MR) is 145 cm³/mol. The standard InChI is InChI=1S/C28H25ClF4N6O3/c1-37-25(8-22(36-37)28(31,32)33)35-24-7-19(20(29)10-34-24)17-6-21-26(41)39(12-16-5-18(30)4-3-15(16)13-40)27(9-23(27)42-2)14-38(21)11-17/h3-8,10-11,23,40H,9,12-14H2,1-2H3,(H,34,35)/t23-,27?/m1/s1. The highest BCUT2D eigenvalue weighted by molar-refractivity contribution is 6.33. The van der Waals surface area contributed by atoms with Crippen LogP contribution in [0.15, 0.2) is 48.8 Å². The predicted octanol–water partition coefficient (Wildman–Crippen LogP) is 5.14. The molecule has 0 radical (unpaired) electrons. The Labute approximate surface area is 242 Å². The fraction of sp³-hybridized carbons (Fsp3) is 0.321. The molecule has 4 heterocycles. The SMILES string of the molecule is CO[C@@H]1CC12Cn1cc(-c3cc(Nc4cc(C(F)(F)F)nn4C)ncc3Cl)cc1C(=O)N2Cc1cc(F)ccc1CO. The number of aliphatic hydroxyl groups is 1. The molecule has 6 rings (SSSR count). The second-order valence-electron chi connectivity index (χ2n) is 10.4. The molecular formula is C28H25ClF4N6O3. The van der Waals surface area contributed by atoms with Gasteiger partial charge in [-0.2, -0.15) is 18.3 Å². The van der Waals surface area contributed by atoms with Crippen LogP contribution in [-0.4, -0.2) is 54.0 Å². The van der Waals surface area contributed by atoms with Crippen LogP contribution in [0.1, 0.15) is 33.7 Å². The Morgan fingerprint density at radius 1 is 1.21 bits per heavy atom. The van der Waals surface area contributed by atoms with Crippen molar-refractivity contribution in [3.8, 4) is 11.1 Å². The van der Waals surface area contributed by atoms with Gasteiger partial charge in [0, 0.05) is 63.3 Å². The number of carbonyl (C=O) groups excluding carboxylic acids is 1. The van der Waals surface area contributed by atoms with Crippen molar-refractivity contribution in [3.05, 3.63) is 82.1 Å². The van der Waals surface area contributed by atoms with Crippen molar-refractivity contribution in [1.29, 1.82) is 0 Å². The molecule has 1 fully saturated rings. The molecule has 1 aliphatic heterocycles. The maximum absolute atomic E-state index is 14.1. The molecule has 1 saturated carbocycles. The third kappa shape index (κ3) is 4.80. The second kappa shape index (κ2) is 10.1. The average molecular weight is 605 g/mol. The van der Waals surface area contributed by atoms with E-state index in [9.17, 15) is 27.5 Å². The molecule has 2 aliphatic rings. The summed E-state index contributed by atoms with van der Waals surface area (Å²) >= 11 is 6.49. The summed E-state index contributed by atoms with van der Waals surface area (Å²) < 4.78 is 62.0. The zero-order valence-electron chi connectivity index (χ0n) is 22.4. The number of aromatic nitrogens is 4. The van der Waals surface area contributed by atoms with Crippen LogP contribution in [0.5, 0.6) is 0 Å². The fourth-order valence-corrected chi connectivity index (χ4v) is 5.79. The van der Waals surface area contributed by atoms with Gasteiger partial charge in [-0.3, -0.25) is 9.48 Å². The highest BCUT2D eigenvalue weighted by Gasteiger charge is 2.63. The lowest BCUT2D eigenvalue weighted by Gasteiger charge is -2.38. The van der Waals surface area contributed by atoms with Crippen molar-refractivity contribution in [2.45, 2.75) is 43.9 Å². The molecule has 2 N–H and O–H groups in total. The van der Waals surface area contributed by atoms with Crippen molar-refractivity contribution in [2.75, 3.05) is 12.4 Å². The Morgan fingerprint density at radius 3 is 2.67 bits per heavy atom. The molecular weight excluding hydrogens is 580 g/mol. The lowest BCUT2D eigenvalue weighted by Crippen LogP contribution is -2.51. The summed E-state index contributed by atoms with van der Waals surface area (Å²) in [7, 11) is 2.95. The molecule has 1 unspecified atom stereocenters. The van der Waals surface area contributed by atoms with E-state index in [4.69, 9.17) is 16.3 Å². The Hall–Kier alpha value is -3.94. The molecule has 0 bridgehead atoms. The Kier molecular flexibility index (Phi) is 6.78. The molecule has 220 valence electrons. The second-order valence-corrected chi connectivity index (χ2v) is 10.9. The van der Waals surface area contributed by atoms with Gasteiger partial charge in [-0.1, -0.05) is 17.7 Å². The van der Waals surface area contributed by atoms with Gasteiger partial charge in [0.2, 0.25) is 0 Å². The van der Waals surface area contributed by atoms with Crippen molar-refractivity contribution < 1.29 is 32.2 Å². The van der Waals surface area contributed by atoms with Gasteiger partial charge < -0.3 is 24.6 Å². The van der Waals surface area contributed by atoms with Crippen LogP contribution in [-0.2, 0) is 37.7 Å². The van der Waals surface area contributed by atoms with E-state index in [1.807, 2.05) is 4.57 Å². The summed E-state index contributed by atoms with van der Waals surface area (Å²) in [5, 5.41) is 16.4. The van der Waals surface area contributed by atoms with E-state index >= 15 is 0 Å². The van der Waals surface area contributed by atoms with E-state index in [1.54, 1.807) is 30.3 Å². The molecule has 2 atom stereocenters. The number of fused-ring (bicyclic) bond motifs is 1. The summed E-state index contributed by atoms with van der Waals surface area (Å²) in [5.74, 6) is -0.462. The Bertz CT molecular complexity index is 1700. The minimum atomic E-state index is -4.60. The topological polar surface area (TPSA) is 97.4 Å². The summed E-state index contributed by atoms with van der Waals surface area (Å²) in [6.45, 7) is 0.201. The number of carbonyl (C=O) groups is 1. The van der Waals surface area contributed by atoms with Gasteiger partial charge in [0.05, 0.1) is 23.3 Å². The number of halogens is 5. The minimum absolute atomic E-state index is 0.0750. The van der Waals surface area contributed by atoms with Crippen molar-refractivity contribution >= 4 is 29.1 Å². The molecule has 14 heteroatoms. The van der Waals surface area contributed by atoms with Crippen molar-refractivity contribution in [3.63, 3.8) is 0 Å². The first kappa shape index (κ1) is 28.2. The van der Waals surface area contributed by atoms with Gasteiger partial charge in [0.1, 0.15) is 23.1 Å². The molecule has 1 aliphatic carbocycles. The lowest BCUT2D eigenvalue weighted by atomic mass is 10.0. The third-order valence-corrected chi connectivity index (χ3v) is 8.17. The van der Waals surface area contributed by atoms with Gasteiger partial charge in [-0.05, 0) is 35.4 Å². The number of aliphatic hydroxyl groups excluding tert-OH is 1. The molecule has 3 aromatic heterocycles. The van der Waals surface area contributed by atoms with Crippen LogP contribution < -0.4 is 5.32 Å². The number of nitrogens with zero attached hydrogens (tertiary/aromatic N) is 5. The normalized spacial score (nSPS) is 19.9. The fourth-order valence-electron chi connectivity index (χ4n) is 5.58. The number of benzene rings is 1. The number of nitrogens with one attached hydrogen (secondary N) is 1. The van der Waals surface area contributed by atoms with Crippen molar-refractivity contribution in [1.82, 2.24) is 24.2 Å². The largest absolute Gasteiger partial charge is 0.435 e. The number of hydrogen-bond acceptors (Lipinski definition) is 6. The van der Waals surface area contributed by atoms with E-state index in [0.29, 0.717) is 40.9 Å². The number of alkyl halides is 3. The van der Waals surface area contributed by atoms with Gasteiger partial charge in [0.15, 0.2) is 5.69 Å². The van der Waals surface area contributed by atoms with E-state index < -0.39 is 23.2 Å². The van der Waals surface area contributed by atoms with Gasteiger partial charge in [-0.15, -0.1) is 0 Å². The highest BCUT2D eigenvalue weighted by Crippen LogP contribution is 2.50. The molecule has 9 nitrogen and oxygen atoms in total. The van der Waals surface area contributed by atoms with Crippen LogP contribution in [0.25, 0.3) is 11.1 Å². The monoisotopic (exact) mass is 604 g/mol. The number of hydrogen-bond donors (Lipinski definition) is 2. The molecule has 42 heavy (non-hydrogen) atoms. The minimum Gasteiger partial charge on any atom is -0.392 e. The molecule has 0 saturated heterocycles. The van der Waals surface area contributed by atoms with Crippen LogP contribution in [0.3, 0.4) is 0 Å². The third-order valence-electron chi connectivity index (χ3n) is 7.86. The lowest BCUT2D eigenvalue weighted by molar-refractivity contribution is -0.141. The molecule has 4 aromatic rings. The summed E-state index contributed by atoms with van der Waals surface area (Å²) in [4.78, 5) is 19.8. The quantitative estimate of drug-likeness (QED) is 0.284. The number of aryl methyl sites for hydroxylation is 1. The van der Waals surface area contributed by atoms with Crippen LogP contribution in [0, 0.1) is 5.82 Å². The van der Waals surface area contributed by atoms with Crippen LogP contribution >= 0.6 is 11.6 Å². The zero-order valence-corrected chi connectivity index (χ0v) is 23.2. The first-order valence-corrected chi connectivity index (χ1v) is 13.3. The number of rotatable bonds is 7.